The van der Waals surface area contributed by atoms with E-state index < -0.39 is 0 Å². The monoisotopic (exact) mass is 287 g/mol. The van der Waals surface area contributed by atoms with Crippen molar-refractivity contribution < 1.29 is 9.53 Å². The van der Waals surface area contributed by atoms with Crippen LogP contribution in [-0.2, 0) is 0 Å². The lowest BCUT2D eigenvalue weighted by Gasteiger charge is -2.09. The van der Waals surface area contributed by atoms with Crippen LogP contribution in [0.15, 0.2) is 53.4 Å². The van der Waals surface area contributed by atoms with E-state index in [1.807, 2.05) is 37.4 Å². The number of ether oxygens (including phenoxy) is 1. The second kappa shape index (κ2) is 7.01. The van der Waals surface area contributed by atoms with E-state index in [0.29, 0.717) is 12.2 Å². The van der Waals surface area contributed by atoms with E-state index in [0.717, 1.165) is 16.3 Å². The number of nitrogens with one attached hydrogen (secondary N) is 1. The van der Waals surface area contributed by atoms with Gasteiger partial charge in [-0.1, -0.05) is 12.1 Å². The number of rotatable bonds is 5. The molecule has 0 atom stereocenters. The topological polar surface area (TPSA) is 38.3 Å². The third kappa shape index (κ3) is 3.54. The van der Waals surface area contributed by atoms with Crippen LogP contribution in [0.5, 0.6) is 5.75 Å². The van der Waals surface area contributed by atoms with E-state index in [1.54, 1.807) is 36.0 Å². The fourth-order valence-electron chi connectivity index (χ4n) is 1.81. The van der Waals surface area contributed by atoms with Crippen LogP contribution in [0, 0.1) is 0 Å². The molecule has 0 bridgehead atoms. The summed E-state index contributed by atoms with van der Waals surface area (Å²) < 4.78 is 5.36. The zero-order valence-corrected chi connectivity index (χ0v) is 12.4. The summed E-state index contributed by atoms with van der Waals surface area (Å²) in [5, 5.41) is 2.93. The van der Waals surface area contributed by atoms with Crippen LogP contribution in [0.25, 0.3) is 0 Å². The Morgan fingerprint density at radius 2 is 1.85 bits per heavy atom. The molecule has 0 aliphatic carbocycles. The summed E-state index contributed by atoms with van der Waals surface area (Å²) >= 11 is 1.61. The molecule has 0 radical (unpaired) electrons. The molecule has 0 saturated heterocycles. The third-order valence-corrected chi connectivity index (χ3v) is 3.58. The quantitative estimate of drug-likeness (QED) is 0.843. The van der Waals surface area contributed by atoms with Gasteiger partial charge in [-0.2, -0.15) is 0 Å². The standard InChI is InChI=1S/C16H17NO2S/c1-3-19-13-10-8-12(9-11-13)16(18)17-14-6-4-5-7-15(14)20-2/h4-11H,3H2,1-2H3,(H,17,18). The molecule has 0 saturated carbocycles. The van der Waals surface area contributed by atoms with Crippen molar-refractivity contribution in [3.63, 3.8) is 0 Å². The van der Waals surface area contributed by atoms with E-state index in [4.69, 9.17) is 4.74 Å². The Hall–Kier alpha value is -1.94. The van der Waals surface area contributed by atoms with Gasteiger partial charge in [0.1, 0.15) is 5.75 Å². The van der Waals surface area contributed by atoms with Crippen LogP contribution in [0.3, 0.4) is 0 Å². The van der Waals surface area contributed by atoms with Gasteiger partial charge in [0.15, 0.2) is 0 Å². The van der Waals surface area contributed by atoms with Crippen molar-refractivity contribution in [3.05, 3.63) is 54.1 Å². The normalized spacial score (nSPS) is 10.1. The largest absolute Gasteiger partial charge is 0.494 e. The Morgan fingerprint density at radius 1 is 1.15 bits per heavy atom. The Bertz CT molecular complexity index is 581. The smallest absolute Gasteiger partial charge is 0.255 e. The van der Waals surface area contributed by atoms with Crippen molar-refractivity contribution in [1.82, 2.24) is 0 Å². The number of carbonyl (C=O) groups is 1. The van der Waals surface area contributed by atoms with Crippen LogP contribution < -0.4 is 10.1 Å². The van der Waals surface area contributed by atoms with Gasteiger partial charge in [0.25, 0.3) is 5.91 Å². The van der Waals surface area contributed by atoms with Gasteiger partial charge in [0.2, 0.25) is 0 Å². The molecule has 1 amide bonds. The van der Waals surface area contributed by atoms with Crippen LogP contribution in [-0.4, -0.2) is 18.8 Å². The summed E-state index contributed by atoms with van der Waals surface area (Å²) in [6.07, 6.45) is 1.99. The maximum absolute atomic E-state index is 12.2. The van der Waals surface area contributed by atoms with Gasteiger partial charge in [-0.15, -0.1) is 11.8 Å². The van der Waals surface area contributed by atoms with Crippen molar-refractivity contribution in [2.75, 3.05) is 18.2 Å². The highest BCUT2D eigenvalue weighted by Gasteiger charge is 2.08. The molecular weight excluding hydrogens is 270 g/mol. The highest BCUT2D eigenvalue weighted by atomic mass is 32.2. The number of para-hydroxylation sites is 1. The average Bonchev–Trinajstić information content (AvgIpc) is 2.49. The molecule has 20 heavy (non-hydrogen) atoms. The maximum atomic E-state index is 12.2. The molecule has 4 heteroatoms. The van der Waals surface area contributed by atoms with Gasteiger partial charge in [-0.25, -0.2) is 0 Å². The van der Waals surface area contributed by atoms with Crippen molar-refractivity contribution in [2.24, 2.45) is 0 Å². The molecule has 0 heterocycles. The summed E-state index contributed by atoms with van der Waals surface area (Å²) in [7, 11) is 0. The van der Waals surface area contributed by atoms with Crippen LogP contribution in [0.4, 0.5) is 5.69 Å². The minimum atomic E-state index is -0.116. The van der Waals surface area contributed by atoms with Gasteiger partial charge in [-0.3, -0.25) is 4.79 Å². The maximum Gasteiger partial charge on any atom is 0.255 e. The van der Waals surface area contributed by atoms with E-state index in [-0.39, 0.29) is 5.91 Å². The number of anilines is 1. The predicted octanol–water partition coefficient (Wildman–Crippen LogP) is 4.06. The Kier molecular flexibility index (Phi) is 5.07. The molecule has 0 aliphatic heterocycles. The van der Waals surface area contributed by atoms with Crippen LogP contribution >= 0.6 is 11.8 Å². The highest BCUT2D eigenvalue weighted by molar-refractivity contribution is 7.98. The zero-order valence-electron chi connectivity index (χ0n) is 11.6. The van der Waals surface area contributed by atoms with Crippen molar-refractivity contribution in [2.45, 2.75) is 11.8 Å². The fourth-order valence-corrected chi connectivity index (χ4v) is 2.37. The van der Waals surface area contributed by atoms with Crippen molar-refractivity contribution in [3.8, 4) is 5.75 Å². The number of hydrogen-bond acceptors (Lipinski definition) is 3. The SMILES string of the molecule is CCOc1ccc(C(=O)Nc2ccccc2SC)cc1. The lowest BCUT2D eigenvalue weighted by molar-refractivity contribution is 0.102. The second-order valence-electron chi connectivity index (χ2n) is 4.11. The molecule has 2 aromatic rings. The Balaban J connectivity index is 2.11. The molecule has 2 rings (SSSR count). The van der Waals surface area contributed by atoms with E-state index >= 15 is 0 Å². The molecule has 0 aromatic heterocycles. The van der Waals surface area contributed by atoms with Crippen LogP contribution in [0.2, 0.25) is 0 Å². The summed E-state index contributed by atoms with van der Waals surface area (Å²) in [6, 6.07) is 14.9. The molecular formula is C16H17NO2S. The molecule has 1 N–H and O–H groups in total. The van der Waals surface area contributed by atoms with Gasteiger partial charge in [0.05, 0.1) is 12.3 Å². The number of hydrogen-bond donors (Lipinski definition) is 1. The van der Waals surface area contributed by atoms with Gasteiger partial charge in [-0.05, 0) is 49.6 Å². The molecule has 0 fully saturated rings. The van der Waals surface area contributed by atoms with Gasteiger partial charge in [0, 0.05) is 10.5 Å². The number of benzene rings is 2. The third-order valence-electron chi connectivity index (χ3n) is 2.78. The van der Waals surface area contributed by atoms with Gasteiger partial charge >= 0.3 is 0 Å². The Morgan fingerprint density at radius 3 is 2.50 bits per heavy atom. The molecule has 3 nitrogen and oxygen atoms in total. The molecule has 104 valence electrons. The number of carbonyl (C=O) groups excluding carboxylic acids is 1. The average molecular weight is 287 g/mol. The summed E-state index contributed by atoms with van der Waals surface area (Å²) in [5.41, 5.74) is 1.45. The van der Waals surface area contributed by atoms with Gasteiger partial charge < -0.3 is 10.1 Å². The highest BCUT2D eigenvalue weighted by Crippen LogP contribution is 2.25. The first kappa shape index (κ1) is 14.5. The first-order valence-corrected chi connectivity index (χ1v) is 7.64. The lowest BCUT2D eigenvalue weighted by atomic mass is 10.2. The lowest BCUT2D eigenvalue weighted by Crippen LogP contribution is -2.12. The summed E-state index contributed by atoms with van der Waals surface area (Å²) in [6.45, 7) is 2.55. The van der Waals surface area contributed by atoms with E-state index in [9.17, 15) is 4.79 Å². The second-order valence-corrected chi connectivity index (χ2v) is 4.96. The molecule has 2 aromatic carbocycles. The molecule has 0 spiro atoms. The Labute approximate surface area is 123 Å². The van der Waals surface area contributed by atoms with Crippen molar-refractivity contribution in [1.29, 1.82) is 0 Å². The minimum absolute atomic E-state index is 0.116. The first-order chi connectivity index (χ1) is 9.74. The number of amides is 1. The number of thioether (sulfide) groups is 1. The fraction of sp³-hybridized carbons (Fsp3) is 0.188. The first-order valence-electron chi connectivity index (χ1n) is 6.42. The van der Waals surface area contributed by atoms with E-state index in [2.05, 4.69) is 5.32 Å². The summed E-state index contributed by atoms with van der Waals surface area (Å²) in [4.78, 5) is 13.2. The summed E-state index contributed by atoms with van der Waals surface area (Å²) in [5.74, 6) is 0.656. The van der Waals surface area contributed by atoms with Crippen LogP contribution in [0.1, 0.15) is 17.3 Å². The predicted molar refractivity (Wildman–Crippen MR) is 83.8 cm³/mol. The molecule has 0 aliphatic rings. The zero-order chi connectivity index (χ0) is 14.4. The van der Waals surface area contributed by atoms with Crippen molar-refractivity contribution >= 4 is 23.4 Å². The van der Waals surface area contributed by atoms with E-state index in [1.165, 1.54) is 0 Å². The molecule has 0 unspecified atom stereocenters. The minimum Gasteiger partial charge on any atom is -0.494 e.